The molecule has 1 aliphatic heterocycles. The number of pyridine rings is 1. The monoisotopic (exact) mass is 442 g/mol. The molecule has 32 heavy (non-hydrogen) atoms. The first-order chi connectivity index (χ1) is 15.1. The van der Waals surface area contributed by atoms with Gasteiger partial charge in [0.05, 0.1) is 11.0 Å². The summed E-state index contributed by atoms with van der Waals surface area (Å²) in [6.45, 7) is 6.50. The second kappa shape index (κ2) is 9.52. The molecule has 1 aliphatic rings. The van der Waals surface area contributed by atoms with Crippen LogP contribution in [0.2, 0.25) is 0 Å². The molecule has 0 saturated carbocycles. The maximum atomic E-state index is 13.1. The average molecular weight is 443 g/mol. The molecule has 0 saturated heterocycles. The zero-order chi connectivity index (χ0) is 23.5. The minimum atomic E-state index is -1.02. The molecule has 0 radical (unpaired) electrons. The third-order valence-electron chi connectivity index (χ3n) is 5.38. The van der Waals surface area contributed by atoms with Crippen LogP contribution in [0, 0.1) is 10.1 Å². The van der Waals surface area contributed by atoms with Crippen molar-refractivity contribution in [2.75, 3.05) is 32.6 Å². The van der Waals surface area contributed by atoms with Gasteiger partial charge in [-0.25, -0.2) is 9.78 Å². The number of hydrogen-bond acceptors (Lipinski definition) is 8. The Morgan fingerprint density at radius 3 is 2.78 bits per heavy atom. The van der Waals surface area contributed by atoms with Crippen molar-refractivity contribution >= 4 is 17.3 Å². The molecule has 9 nitrogen and oxygen atoms in total. The summed E-state index contributed by atoms with van der Waals surface area (Å²) in [6, 6.07) is 8.27. The number of ether oxygens (including phenoxy) is 2. The van der Waals surface area contributed by atoms with Crippen LogP contribution in [0.4, 0.5) is 11.4 Å². The van der Waals surface area contributed by atoms with Gasteiger partial charge in [0.1, 0.15) is 12.1 Å². The van der Waals surface area contributed by atoms with Crippen molar-refractivity contribution in [3.8, 4) is 5.88 Å². The van der Waals surface area contributed by atoms with E-state index in [1.165, 1.54) is 6.07 Å². The number of rotatable bonds is 8. The van der Waals surface area contributed by atoms with E-state index in [1.807, 2.05) is 38.9 Å². The van der Waals surface area contributed by atoms with Gasteiger partial charge in [-0.3, -0.25) is 10.1 Å². The van der Waals surface area contributed by atoms with Crippen molar-refractivity contribution in [3.63, 3.8) is 0 Å². The molecule has 2 aromatic rings. The number of benzene rings is 1. The Morgan fingerprint density at radius 2 is 2.12 bits per heavy atom. The second-order valence-electron chi connectivity index (χ2n) is 8.75. The Hall–Kier alpha value is -3.20. The fourth-order valence-corrected chi connectivity index (χ4v) is 3.83. The molecule has 1 aromatic heterocycles. The lowest BCUT2D eigenvalue weighted by Crippen LogP contribution is -2.49. The maximum absolute atomic E-state index is 13.1. The lowest BCUT2D eigenvalue weighted by atomic mass is 9.76. The molecule has 2 unspecified atom stereocenters. The number of hydrogen-bond donors (Lipinski definition) is 1. The number of esters is 1. The van der Waals surface area contributed by atoms with Crippen LogP contribution in [-0.2, 0) is 9.53 Å². The van der Waals surface area contributed by atoms with Crippen molar-refractivity contribution in [2.45, 2.75) is 44.8 Å². The van der Waals surface area contributed by atoms with E-state index in [2.05, 4.69) is 10.3 Å². The Kier molecular flexibility index (Phi) is 6.98. The van der Waals surface area contributed by atoms with Crippen LogP contribution < -0.4 is 10.1 Å². The highest BCUT2D eigenvalue weighted by Crippen LogP contribution is 2.47. The normalized spacial score (nSPS) is 19.9. The molecule has 0 aliphatic carbocycles. The molecule has 1 N–H and O–H groups in total. The molecule has 0 fully saturated rings. The molecule has 0 bridgehead atoms. The summed E-state index contributed by atoms with van der Waals surface area (Å²) in [4.78, 5) is 30.4. The summed E-state index contributed by atoms with van der Waals surface area (Å²) in [5.41, 5.74) is 1.17. The highest BCUT2D eigenvalue weighted by Gasteiger charge is 2.44. The standard InChI is InChI=1S/C23H30N4O5/c1-15(2)32-21-20-18(16-7-6-8-17(13-16)27(29)30)14-23(3,25-19(20)9-10-24-21)22(28)31-12-11-26(4)5/h6-10,13,15,18,25H,11-12,14H2,1-5H3. The number of non-ortho nitro benzene ring substituents is 1. The number of nitro groups is 1. The van der Waals surface area contributed by atoms with Crippen LogP contribution in [0.5, 0.6) is 5.88 Å². The van der Waals surface area contributed by atoms with Gasteiger partial charge in [0, 0.05) is 42.0 Å². The molecule has 3 rings (SSSR count). The SMILES string of the molecule is CC(C)Oc1nccc2c1C(c1cccc([N+](=O)[O-])c1)CC(C)(C(=O)OCCN(C)C)N2. The minimum absolute atomic E-state index is 0.00642. The van der Waals surface area contributed by atoms with Crippen LogP contribution >= 0.6 is 0 Å². The van der Waals surface area contributed by atoms with Crippen LogP contribution in [0.3, 0.4) is 0 Å². The highest BCUT2D eigenvalue weighted by atomic mass is 16.6. The molecular weight excluding hydrogens is 412 g/mol. The van der Waals surface area contributed by atoms with Gasteiger partial charge in [0.2, 0.25) is 5.88 Å². The summed E-state index contributed by atoms with van der Waals surface area (Å²) >= 11 is 0. The van der Waals surface area contributed by atoms with Gasteiger partial charge in [-0.2, -0.15) is 0 Å². The first-order valence-corrected chi connectivity index (χ1v) is 10.6. The number of likely N-dealkylation sites (N-methyl/N-ethyl adjacent to an activating group) is 1. The molecule has 0 spiro atoms. The maximum Gasteiger partial charge on any atom is 0.331 e. The van der Waals surface area contributed by atoms with Gasteiger partial charge in [-0.1, -0.05) is 12.1 Å². The summed E-state index contributed by atoms with van der Waals surface area (Å²) in [5, 5.41) is 14.7. The average Bonchev–Trinajstić information content (AvgIpc) is 2.72. The van der Waals surface area contributed by atoms with Gasteiger partial charge in [-0.05, 0) is 52.9 Å². The highest BCUT2D eigenvalue weighted by molar-refractivity contribution is 5.86. The summed E-state index contributed by atoms with van der Waals surface area (Å²) in [6.07, 6.45) is 1.85. The molecule has 2 heterocycles. The Labute approximate surface area is 187 Å². The van der Waals surface area contributed by atoms with Crippen LogP contribution in [0.25, 0.3) is 0 Å². The number of nitrogens with one attached hydrogen (secondary N) is 1. The van der Waals surface area contributed by atoms with Crippen molar-refractivity contribution in [1.29, 1.82) is 0 Å². The van der Waals surface area contributed by atoms with Gasteiger partial charge < -0.3 is 19.7 Å². The first kappa shape index (κ1) is 23.5. The van der Waals surface area contributed by atoms with E-state index in [4.69, 9.17) is 9.47 Å². The minimum Gasteiger partial charge on any atom is -0.475 e. The van der Waals surface area contributed by atoms with E-state index < -0.39 is 10.5 Å². The fraction of sp³-hybridized carbons (Fsp3) is 0.478. The second-order valence-corrected chi connectivity index (χ2v) is 8.75. The van der Waals surface area contributed by atoms with Crippen molar-refractivity contribution < 1.29 is 19.2 Å². The fourth-order valence-electron chi connectivity index (χ4n) is 3.83. The Balaban J connectivity index is 2.05. The summed E-state index contributed by atoms with van der Waals surface area (Å²) in [5.74, 6) is -0.270. The third-order valence-corrected chi connectivity index (χ3v) is 5.38. The molecule has 9 heteroatoms. The number of carbonyl (C=O) groups excluding carboxylic acids is 1. The molecule has 172 valence electrons. The number of anilines is 1. The molecular formula is C23H30N4O5. The van der Waals surface area contributed by atoms with E-state index in [0.717, 1.165) is 11.1 Å². The largest absolute Gasteiger partial charge is 0.475 e. The zero-order valence-corrected chi connectivity index (χ0v) is 19.1. The van der Waals surface area contributed by atoms with Crippen molar-refractivity contribution in [2.24, 2.45) is 0 Å². The van der Waals surface area contributed by atoms with Gasteiger partial charge >= 0.3 is 5.97 Å². The van der Waals surface area contributed by atoms with E-state index in [0.29, 0.717) is 24.5 Å². The van der Waals surface area contributed by atoms with Gasteiger partial charge in [-0.15, -0.1) is 0 Å². The Bertz CT molecular complexity index is 994. The Morgan fingerprint density at radius 1 is 1.38 bits per heavy atom. The smallest absolute Gasteiger partial charge is 0.331 e. The predicted octanol–water partition coefficient (Wildman–Crippen LogP) is 3.59. The summed E-state index contributed by atoms with van der Waals surface area (Å²) < 4.78 is 11.5. The van der Waals surface area contributed by atoms with Crippen LogP contribution in [0.1, 0.15) is 44.2 Å². The van der Waals surface area contributed by atoms with Crippen molar-refractivity contribution in [3.05, 3.63) is 57.8 Å². The molecule has 0 amide bonds. The van der Waals surface area contributed by atoms with Gasteiger partial charge in [0.15, 0.2) is 0 Å². The predicted molar refractivity (Wildman–Crippen MR) is 121 cm³/mol. The van der Waals surface area contributed by atoms with Crippen molar-refractivity contribution in [1.82, 2.24) is 9.88 Å². The molecule has 1 aromatic carbocycles. The lowest BCUT2D eigenvalue weighted by molar-refractivity contribution is -0.384. The van der Waals surface area contributed by atoms with E-state index in [-0.39, 0.29) is 30.3 Å². The number of aromatic nitrogens is 1. The van der Waals surface area contributed by atoms with E-state index in [9.17, 15) is 14.9 Å². The number of nitro benzene ring substituents is 1. The van der Waals surface area contributed by atoms with Gasteiger partial charge in [0.25, 0.3) is 5.69 Å². The number of fused-ring (bicyclic) bond motifs is 1. The number of nitrogens with zero attached hydrogens (tertiary/aromatic N) is 3. The first-order valence-electron chi connectivity index (χ1n) is 10.6. The van der Waals surface area contributed by atoms with Crippen LogP contribution in [0.15, 0.2) is 36.5 Å². The molecule has 2 atom stereocenters. The summed E-state index contributed by atoms with van der Waals surface area (Å²) in [7, 11) is 3.82. The topological polar surface area (TPSA) is 107 Å². The third kappa shape index (κ3) is 5.16. The van der Waals surface area contributed by atoms with E-state index in [1.54, 1.807) is 31.3 Å². The quantitative estimate of drug-likeness (QED) is 0.376. The zero-order valence-electron chi connectivity index (χ0n) is 19.1. The van der Waals surface area contributed by atoms with E-state index >= 15 is 0 Å². The number of carbonyl (C=O) groups is 1. The van der Waals surface area contributed by atoms with Crippen LogP contribution in [-0.4, -0.2) is 59.7 Å². The lowest BCUT2D eigenvalue weighted by Gasteiger charge is -2.40.